The predicted octanol–water partition coefficient (Wildman–Crippen LogP) is 4.50. The molecule has 2 aromatic carbocycles. The SMILES string of the molecule is Cc1ccc(C2C3C=CC(C3)N2c2ccccc2)cc1. The molecule has 1 heteroatoms. The molecule has 0 amide bonds. The Morgan fingerprint density at radius 3 is 2.40 bits per heavy atom. The number of benzene rings is 2. The number of nitrogens with zero attached hydrogens (tertiary/aromatic N) is 1. The van der Waals surface area contributed by atoms with Gasteiger partial charge in [-0.25, -0.2) is 0 Å². The van der Waals surface area contributed by atoms with E-state index in [2.05, 4.69) is 78.6 Å². The van der Waals surface area contributed by atoms with Crippen LogP contribution in [0.15, 0.2) is 66.7 Å². The van der Waals surface area contributed by atoms with Crippen LogP contribution < -0.4 is 4.90 Å². The number of anilines is 1. The standard InChI is InChI=1S/C19H19N/c1-14-7-9-15(10-8-14)19-16-11-12-18(13-16)20(19)17-5-3-2-4-6-17/h2-12,16,18-19H,13H2,1H3. The summed E-state index contributed by atoms with van der Waals surface area (Å²) in [7, 11) is 0. The lowest BCUT2D eigenvalue weighted by molar-refractivity contribution is 0.586. The first-order valence-electron chi connectivity index (χ1n) is 7.41. The molecule has 4 rings (SSSR count). The minimum absolute atomic E-state index is 0.494. The van der Waals surface area contributed by atoms with E-state index < -0.39 is 0 Å². The van der Waals surface area contributed by atoms with Crippen LogP contribution in [0.2, 0.25) is 0 Å². The summed E-state index contributed by atoms with van der Waals surface area (Å²) in [5.74, 6) is 0.655. The van der Waals surface area contributed by atoms with E-state index in [0.29, 0.717) is 18.0 Å². The second-order valence-corrected chi connectivity index (χ2v) is 5.95. The minimum atomic E-state index is 0.494. The maximum Gasteiger partial charge on any atom is 0.0612 e. The summed E-state index contributed by atoms with van der Waals surface area (Å²) in [6, 6.07) is 20.9. The fourth-order valence-corrected chi connectivity index (χ4v) is 3.68. The molecule has 2 aliphatic rings. The van der Waals surface area contributed by atoms with Gasteiger partial charge in [-0.3, -0.25) is 0 Å². The molecule has 1 saturated heterocycles. The zero-order valence-electron chi connectivity index (χ0n) is 11.7. The van der Waals surface area contributed by atoms with Crippen LogP contribution in [0, 0.1) is 12.8 Å². The lowest BCUT2D eigenvalue weighted by Crippen LogP contribution is -2.32. The zero-order valence-corrected chi connectivity index (χ0v) is 11.7. The van der Waals surface area contributed by atoms with Gasteiger partial charge < -0.3 is 4.90 Å². The first-order valence-corrected chi connectivity index (χ1v) is 7.41. The van der Waals surface area contributed by atoms with Crippen molar-refractivity contribution >= 4 is 5.69 Å². The van der Waals surface area contributed by atoms with Crippen molar-refractivity contribution in [2.75, 3.05) is 4.90 Å². The van der Waals surface area contributed by atoms with Crippen molar-refractivity contribution in [2.45, 2.75) is 25.4 Å². The second-order valence-electron chi connectivity index (χ2n) is 5.95. The van der Waals surface area contributed by atoms with Gasteiger partial charge in [0.05, 0.1) is 6.04 Å². The van der Waals surface area contributed by atoms with Gasteiger partial charge in [-0.1, -0.05) is 60.2 Å². The molecule has 3 atom stereocenters. The minimum Gasteiger partial charge on any atom is -0.357 e. The third-order valence-corrected chi connectivity index (χ3v) is 4.63. The summed E-state index contributed by atoms with van der Waals surface area (Å²) in [6.07, 6.45) is 6.05. The van der Waals surface area contributed by atoms with E-state index in [1.165, 1.54) is 23.2 Å². The smallest absolute Gasteiger partial charge is 0.0612 e. The lowest BCUT2D eigenvalue weighted by Gasteiger charge is -2.35. The van der Waals surface area contributed by atoms with E-state index in [0.717, 1.165) is 0 Å². The summed E-state index contributed by atoms with van der Waals surface area (Å²) >= 11 is 0. The van der Waals surface area contributed by atoms with E-state index in [-0.39, 0.29) is 0 Å². The van der Waals surface area contributed by atoms with Crippen molar-refractivity contribution in [1.29, 1.82) is 0 Å². The summed E-state index contributed by atoms with van der Waals surface area (Å²) in [6.45, 7) is 2.15. The van der Waals surface area contributed by atoms with Crippen molar-refractivity contribution < 1.29 is 0 Å². The fraction of sp³-hybridized carbons (Fsp3) is 0.263. The Labute approximate surface area is 120 Å². The van der Waals surface area contributed by atoms with Crippen LogP contribution in [0.4, 0.5) is 5.69 Å². The second kappa shape index (κ2) is 4.52. The summed E-state index contributed by atoms with van der Waals surface area (Å²) in [5, 5.41) is 0. The van der Waals surface area contributed by atoms with E-state index in [4.69, 9.17) is 0 Å². The van der Waals surface area contributed by atoms with E-state index in [1.807, 2.05) is 0 Å². The number of hydrogen-bond donors (Lipinski definition) is 0. The predicted molar refractivity (Wildman–Crippen MR) is 83.9 cm³/mol. The molecule has 1 nitrogen and oxygen atoms in total. The number of hydrogen-bond acceptors (Lipinski definition) is 1. The maximum atomic E-state index is 2.59. The van der Waals surface area contributed by atoms with Crippen molar-refractivity contribution in [3.05, 3.63) is 77.9 Å². The van der Waals surface area contributed by atoms with E-state index in [1.54, 1.807) is 0 Å². The van der Waals surface area contributed by atoms with Crippen LogP contribution in [0.25, 0.3) is 0 Å². The molecule has 1 aliphatic heterocycles. The van der Waals surface area contributed by atoms with E-state index >= 15 is 0 Å². The monoisotopic (exact) mass is 261 g/mol. The van der Waals surface area contributed by atoms with Crippen LogP contribution in [0.5, 0.6) is 0 Å². The van der Waals surface area contributed by atoms with Crippen LogP contribution in [-0.4, -0.2) is 6.04 Å². The highest BCUT2D eigenvalue weighted by Crippen LogP contribution is 2.48. The van der Waals surface area contributed by atoms with Crippen molar-refractivity contribution in [3.63, 3.8) is 0 Å². The number of rotatable bonds is 2. The molecule has 100 valence electrons. The Morgan fingerprint density at radius 1 is 0.900 bits per heavy atom. The molecule has 0 spiro atoms. The molecule has 1 aliphatic carbocycles. The molecule has 0 N–H and O–H groups in total. The molecule has 0 aromatic heterocycles. The first-order chi connectivity index (χ1) is 9.83. The molecule has 20 heavy (non-hydrogen) atoms. The Balaban J connectivity index is 1.77. The van der Waals surface area contributed by atoms with Gasteiger partial charge in [-0.15, -0.1) is 0 Å². The van der Waals surface area contributed by atoms with Gasteiger partial charge in [0.1, 0.15) is 0 Å². The largest absolute Gasteiger partial charge is 0.357 e. The van der Waals surface area contributed by atoms with Crippen LogP contribution in [0.1, 0.15) is 23.6 Å². The summed E-state index contributed by atoms with van der Waals surface area (Å²) in [5.41, 5.74) is 4.12. The van der Waals surface area contributed by atoms with Gasteiger partial charge in [0.15, 0.2) is 0 Å². The third-order valence-electron chi connectivity index (χ3n) is 4.63. The highest BCUT2D eigenvalue weighted by atomic mass is 15.2. The quantitative estimate of drug-likeness (QED) is 0.719. The number of fused-ring (bicyclic) bond motifs is 2. The van der Waals surface area contributed by atoms with Crippen molar-refractivity contribution in [3.8, 4) is 0 Å². The molecule has 0 saturated carbocycles. The highest BCUT2D eigenvalue weighted by molar-refractivity contribution is 5.55. The Morgan fingerprint density at radius 2 is 1.65 bits per heavy atom. The summed E-state index contributed by atoms with van der Waals surface area (Å²) < 4.78 is 0. The molecular formula is C19H19N. The van der Waals surface area contributed by atoms with Gasteiger partial charge in [-0.2, -0.15) is 0 Å². The summed E-state index contributed by atoms with van der Waals surface area (Å²) in [4.78, 5) is 2.59. The van der Waals surface area contributed by atoms with Crippen molar-refractivity contribution in [2.24, 2.45) is 5.92 Å². The zero-order chi connectivity index (χ0) is 13.5. The van der Waals surface area contributed by atoms with Gasteiger partial charge in [-0.05, 0) is 31.0 Å². The maximum absolute atomic E-state index is 2.59. The Hall–Kier alpha value is -2.02. The third kappa shape index (κ3) is 1.77. The Bertz CT molecular complexity index is 627. The van der Waals surface area contributed by atoms with Crippen LogP contribution in [0.3, 0.4) is 0 Å². The first kappa shape index (κ1) is 11.8. The molecule has 0 radical (unpaired) electrons. The fourth-order valence-electron chi connectivity index (χ4n) is 3.68. The van der Waals surface area contributed by atoms with Gasteiger partial charge >= 0.3 is 0 Å². The van der Waals surface area contributed by atoms with E-state index in [9.17, 15) is 0 Å². The molecule has 1 heterocycles. The van der Waals surface area contributed by atoms with Gasteiger partial charge in [0, 0.05) is 17.6 Å². The van der Waals surface area contributed by atoms with Crippen molar-refractivity contribution in [1.82, 2.24) is 0 Å². The average molecular weight is 261 g/mol. The van der Waals surface area contributed by atoms with Gasteiger partial charge in [0.25, 0.3) is 0 Å². The molecule has 1 fully saturated rings. The normalized spacial score (nSPS) is 27.2. The lowest BCUT2D eigenvalue weighted by atomic mass is 9.93. The molecule has 2 bridgehead atoms. The molecule has 2 aromatic rings. The Kier molecular flexibility index (Phi) is 2.66. The average Bonchev–Trinajstić information content (AvgIpc) is 3.10. The van der Waals surface area contributed by atoms with Crippen LogP contribution in [-0.2, 0) is 0 Å². The molecular weight excluding hydrogens is 242 g/mol. The number of aryl methyl sites for hydroxylation is 1. The van der Waals surface area contributed by atoms with Gasteiger partial charge in [0.2, 0.25) is 0 Å². The topological polar surface area (TPSA) is 3.24 Å². The number of para-hydroxylation sites is 1. The molecule has 3 unspecified atom stereocenters. The highest BCUT2D eigenvalue weighted by Gasteiger charge is 2.43. The van der Waals surface area contributed by atoms with Crippen LogP contribution >= 0.6 is 0 Å².